The minimum Gasteiger partial charge on any atom is -0.497 e. The molecule has 0 radical (unpaired) electrons. The van der Waals surface area contributed by atoms with Gasteiger partial charge >= 0.3 is 0 Å². The highest BCUT2D eigenvalue weighted by Gasteiger charge is 2.03. The van der Waals surface area contributed by atoms with Crippen LogP contribution in [-0.4, -0.2) is 24.7 Å². The smallest absolute Gasteiger partial charge is 0.123 e. The van der Waals surface area contributed by atoms with Crippen molar-refractivity contribution in [1.29, 1.82) is 0 Å². The maximum atomic E-state index is 11.2. The highest BCUT2D eigenvalue weighted by molar-refractivity contribution is 7.84. The Labute approximate surface area is 80.1 Å². The molecule has 0 aromatic heterocycles. The molecule has 0 fully saturated rings. The largest absolute Gasteiger partial charge is 0.497 e. The quantitative estimate of drug-likeness (QED) is 0.740. The number of hydrogen-bond acceptors (Lipinski definition) is 3. The normalized spacial score (nSPS) is 12.2. The van der Waals surface area contributed by atoms with Crippen LogP contribution >= 0.6 is 0 Å². The second-order valence-corrected chi connectivity index (χ2v) is 3.88. The molecule has 0 N–H and O–H groups in total. The van der Waals surface area contributed by atoms with Crippen molar-refractivity contribution in [2.75, 3.05) is 20.5 Å². The summed E-state index contributed by atoms with van der Waals surface area (Å²) in [6.07, 6.45) is 1.62. The van der Waals surface area contributed by atoms with E-state index in [0.29, 0.717) is 16.4 Å². The molecule has 1 unspecified atom stereocenters. The van der Waals surface area contributed by atoms with Gasteiger partial charge in [-0.25, -0.2) is 0 Å². The Morgan fingerprint density at radius 3 is 1.85 bits per heavy atom. The zero-order chi connectivity index (χ0) is 9.84. The van der Waals surface area contributed by atoms with E-state index in [1.165, 1.54) is 0 Å². The Morgan fingerprint density at radius 1 is 1.08 bits per heavy atom. The van der Waals surface area contributed by atoms with Gasteiger partial charge in [0.25, 0.3) is 0 Å². The third-order valence-corrected chi connectivity index (χ3v) is 2.56. The molecular formula is C9H12O3S. The Hall–Kier alpha value is -1.03. The van der Waals surface area contributed by atoms with Crippen LogP contribution < -0.4 is 9.47 Å². The van der Waals surface area contributed by atoms with Crippen LogP contribution in [0.15, 0.2) is 23.1 Å². The molecule has 0 aliphatic carbocycles. The van der Waals surface area contributed by atoms with E-state index in [1.54, 1.807) is 38.7 Å². The van der Waals surface area contributed by atoms with Crippen LogP contribution in [0.25, 0.3) is 0 Å². The van der Waals surface area contributed by atoms with E-state index < -0.39 is 10.8 Å². The summed E-state index contributed by atoms with van der Waals surface area (Å²) >= 11 is 0. The summed E-state index contributed by atoms with van der Waals surface area (Å²) in [5.41, 5.74) is 0. The third-order valence-electron chi connectivity index (χ3n) is 1.66. The first kappa shape index (κ1) is 10.1. The fourth-order valence-electron chi connectivity index (χ4n) is 0.947. The summed E-state index contributed by atoms with van der Waals surface area (Å²) in [7, 11) is 2.12. The minimum atomic E-state index is -1.01. The molecule has 0 aliphatic heterocycles. The van der Waals surface area contributed by atoms with Crippen molar-refractivity contribution < 1.29 is 13.7 Å². The van der Waals surface area contributed by atoms with Crippen molar-refractivity contribution >= 4 is 10.8 Å². The molecule has 1 aromatic rings. The summed E-state index contributed by atoms with van der Waals surface area (Å²) in [6, 6.07) is 5.22. The molecule has 1 atom stereocenters. The lowest BCUT2D eigenvalue weighted by atomic mass is 10.3. The Morgan fingerprint density at radius 2 is 1.54 bits per heavy atom. The van der Waals surface area contributed by atoms with Gasteiger partial charge in [-0.2, -0.15) is 0 Å². The highest BCUT2D eigenvalue weighted by atomic mass is 32.2. The van der Waals surface area contributed by atoms with Crippen molar-refractivity contribution in [1.82, 2.24) is 0 Å². The maximum Gasteiger partial charge on any atom is 0.123 e. The molecule has 0 saturated carbocycles. The number of hydrogen-bond donors (Lipinski definition) is 0. The monoisotopic (exact) mass is 200 g/mol. The number of benzene rings is 1. The first-order valence-electron chi connectivity index (χ1n) is 3.74. The summed E-state index contributed by atoms with van der Waals surface area (Å²) in [5.74, 6) is 1.31. The molecule has 0 heterocycles. The molecule has 4 heteroatoms. The zero-order valence-corrected chi connectivity index (χ0v) is 8.68. The van der Waals surface area contributed by atoms with E-state index in [-0.39, 0.29) is 0 Å². The van der Waals surface area contributed by atoms with Gasteiger partial charge in [0.2, 0.25) is 0 Å². The molecule has 3 nitrogen and oxygen atoms in total. The molecule has 72 valence electrons. The molecule has 0 amide bonds. The number of rotatable bonds is 3. The van der Waals surface area contributed by atoms with Crippen molar-refractivity contribution in [3.05, 3.63) is 18.2 Å². The fraction of sp³-hybridized carbons (Fsp3) is 0.333. The van der Waals surface area contributed by atoms with Gasteiger partial charge in [-0.1, -0.05) is 0 Å². The van der Waals surface area contributed by atoms with E-state index in [2.05, 4.69) is 0 Å². The Bertz CT molecular complexity index is 300. The summed E-state index contributed by atoms with van der Waals surface area (Å²) in [6.45, 7) is 0. The zero-order valence-electron chi connectivity index (χ0n) is 7.87. The van der Waals surface area contributed by atoms with E-state index in [0.717, 1.165) is 0 Å². The van der Waals surface area contributed by atoms with Crippen LogP contribution in [0.2, 0.25) is 0 Å². The molecule has 0 saturated heterocycles. The average Bonchev–Trinajstić information content (AvgIpc) is 2.16. The Kier molecular flexibility index (Phi) is 3.31. The van der Waals surface area contributed by atoms with Crippen molar-refractivity contribution in [2.45, 2.75) is 4.90 Å². The standard InChI is InChI=1S/C9H12O3S/c1-11-7-4-8(12-2)6-9(5-7)13(3)10/h4-6H,1-3H3. The van der Waals surface area contributed by atoms with Gasteiger partial charge in [0, 0.05) is 17.2 Å². The number of ether oxygens (including phenoxy) is 2. The van der Waals surface area contributed by atoms with Gasteiger partial charge in [-0.05, 0) is 12.1 Å². The molecule has 13 heavy (non-hydrogen) atoms. The van der Waals surface area contributed by atoms with Crippen molar-refractivity contribution in [3.63, 3.8) is 0 Å². The van der Waals surface area contributed by atoms with Crippen LogP contribution in [0.4, 0.5) is 0 Å². The lowest BCUT2D eigenvalue weighted by Gasteiger charge is -2.06. The molecule has 1 rings (SSSR count). The second kappa shape index (κ2) is 4.28. The van der Waals surface area contributed by atoms with Crippen molar-refractivity contribution in [2.24, 2.45) is 0 Å². The van der Waals surface area contributed by atoms with Crippen LogP contribution in [0.3, 0.4) is 0 Å². The topological polar surface area (TPSA) is 35.5 Å². The van der Waals surface area contributed by atoms with Crippen LogP contribution in [0.5, 0.6) is 11.5 Å². The highest BCUT2D eigenvalue weighted by Crippen LogP contribution is 2.23. The fourth-order valence-corrected chi connectivity index (χ4v) is 1.51. The second-order valence-electron chi connectivity index (χ2n) is 2.50. The van der Waals surface area contributed by atoms with Gasteiger partial charge in [-0.15, -0.1) is 0 Å². The molecule has 0 aliphatic rings. The van der Waals surface area contributed by atoms with Gasteiger partial charge in [0.1, 0.15) is 11.5 Å². The van der Waals surface area contributed by atoms with Gasteiger partial charge < -0.3 is 9.47 Å². The molecular weight excluding hydrogens is 188 g/mol. The first-order chi connectivity index (χ1) is 6.17. The van der Waals surface area contributed by atoms with Gasteiger partial charge in [0.05, 0.1) is 25.0 Å². The van der Waals surface area contributed by atoms with Crippen LogP contribution in [0.1, 0.15) is 0 Å². The lowest BCUT2D eigenvalue weighted by Crippen LogP contribution is -1.92. The average molecular weight is 200 g/mol. The molecule has 0 spiro atoms. The predicted molar refractivity (Wildman–Crippen MR) is 51.9 cm³/mol. The molecule has 0 bridgehead atoms. The van der Waals surface area contributed by atoms with E-state index >= 15 is 0 Å². The minimum absolute atomic E-state index is 0.657. The van der Waals surface area contributed by atoms with Gasteiger partial charge in [0.15, 0.2) is 0 Å². The van der Waals surface area contributed by atoms with Crippen molar-refractivity contribution in [3.8, 4) is 11.5 Å². The maximum absolute atomic E-state index is 11.2. The van der Waals surface area contributed by atoms with E-state index in [9.17, 15) is 4.21 Å². The predicted octanol–water partition coefficient (Wildman–Crippen LogP) is 1.44. The molecule has 1 aromatic carbocycles. The lowest BCUT2D eigenvalue weighted by molar-refractivity contribution is 0.392. The Balaban J connectivity index is 3.14. The third kappa shape index (κ3) is 2.45. The number of methoxy groups -OCH3 is 2. The van der Waals surface area contributed by atoms with Crippen LogP contribution in [0, 0.1) is 0 Å². The van der Waals surface area contributed by atoms with E-state index in [4.69, 9.17) is 9.47 Å². The van der Waals surface area contributed by atoms with Crippen LogP contribution in [-0.2, 0) is 10.8 Å². The summed E-state index contributed by atoms with van der Waals surface area (Å²) in [5, 5.41) is 0. The first-order valence-corrected chi connectivity index (χ1v) is 5.29. The summed E-state index contributed by atoms with van der Waals surface area (Å²) < 4.78 is 21.2. The summed E-state index contributed by atoms with van der Waals surface area (Å²) in [4.78, 5) is 0.705. The SMILES string of the molecule is COc1cc(OC)cc(S(C)=O)c1. The van der Waals surface area contributed by atoms with Gasteiger partial charge in [-0.3, -0.25) is 4.21 Å². The van der Waals surface area contributed by atoms with E-state index in [1.807, 2.05) is 0 Å².